The Morgan fingerprint density at radius 3 is 2.75 bits per heavy atom. The lowest BCUT2D eigenvalue weighted by molar-refractivity contribution is -0.0840. The Balaban J connectivity index is 2.32. The maximum Gasteiger partial charge on any atom is 0.0525 e. The molecule has 1 nitrogen and oxygen atoms in total. The van der Waals surface area contributed by atoms with Crippen LogP contribution in [0.15, 0.2) is 0 Å². The quantitative estimate of drug-likeness (QED) is 0.633. The summed E-state index contributed by atoms with van der Waals surface area (Å²) in [5.74, 6) is 0.788. The topological polar surface area (TPSA) is 9.23 Å². The summed E-state index contributed by atoms with van der Waals surface area (Å²) in [6.07, 6.45) is 2.71. The number of rotatable bonds is 1. The zero-order chi connectivity index (χ0) is 8.82. The van der Waals surface area contributed by atoms with Crippen LogP contribution in [0.4, 0.5) is 0 Å². The molecule has 70 valence electrons. The molecule has 0 radical (unpaired) electrons. The lowest BCUT2D eigenvalue weighted by Crippen LogP contribution is -2.47. The van der Waals surface area contributed by atoms with E-state index in [1.807, 2.05) is 0 Å². The van der Waals surface area contributed by atoms with Gasteiger partial charge in [-0.3, -0.25) is 0 Å². The second-order valence-electron chi connectivity index (χ2n) is 4.86. The lowest BCUT2D eigenvalue weighted by Gasteiger charge is -2.47. The van der Waals surface area contributed by atoms with Crippen molar-refractivity contribution in [3.8, 4) is 0 Å². The zero-order valence-electron chi connectivity index (χ0n) is 7.90. The van der Waals surface area contributed by atoms with E-state index in [1.54, 1.807) is 0 Å². The van der Waals surface area contributed by atoms with Gasteiger partial charge in [0.2, 0.25) is 0 Å². The van der Waals surface area contributed by atoms with E-state index in [0.29, 0.717) is 10.8 Å². The minimum absolute atomic E-state index is 0.430. The molecule has 3 atom stereocenters. The normalized spacial score (nSPS) is 52.8. The number of halogens is 1. The summed E-state index contributed by atoms with van der Waals surface area (Å²) in [4.78, 5) is 0. The van der Waals surface area contributed by atoms with Gasteiger partial charge in [-0.05, 0) is 29.6 Å². The number of hydrogen-bond acceptors (Lipinski definition) is 1. The van der Waals surface area contributed by atoms with Crippen molar-refractivity contribution in [1.29, 1.82) is 0 Å². The first-order valence-corrected chi connectivity index (χ1v) is 5.88. The summed E-state index contributed by atoms with van der Waals surface area (Å²) in [6, 6.07) is 0. The average molecular weight is 233 g/mol. The molecule has 1 aliphatic heterocycles. The molecule has 2 bridgehead atoms. The third-order valence-electron chi connectivity index (χ3n) is 4.34. The second kappa shape index (κ2) is 2.71. The molecule has 0 amide bonds. The Hall–Kier alpha value is 0.440. The predicted octanol–water partition coefficient (Wildman–Crippen LogP) is 2.83. The van der Waals surface area contributed by atoms with Crippen LogP contribution >= 0.6 is 15.9 Å². The molecule has 12 heavy (non-hydrogen) atoms. The first-order valence-electron chi connectivity index (χ1n) is 4.76. The molecular weight excluding hydrogens is 216 g/mol. The summed E-state index contributed by atoms with van der Waals surface area (Å²) in [5.41, 5.74) is 0.907. The number of ether oxygens (including phenoxy) is 1. The van der Waals surface area contributed by atoms with Crippen LogP contribution in [0, 0.1) is 16.7 Å². The highest BCUT2D eigenvalue weighted by Crippen LogP contribution is 2.59. The second-order valence-corrected chi connectivity index (χ2v) is 5.42. The fourth-order valence-electron chi connectivity index (χ4n) is 2.79. The van der Waals surface area contributed by atoms with Crippen molar-refractivity contribution in [2.75, 3.05) is 18.5 Å². The first kappa shape index (κ1) is 9.01. The fourth-order valence-corrected chi connectivity index (χ4v) is 3.93. The van der Waals surface area contributed by atoms with E-state index in [4.69, 9.17) is 4.74 Å². The SMILES string of the molecule is C[C@@]12CC[C@@H](COC1)[C@@]2(C)CBr. The minimum Gasteiger partial charge on any atom is -0.381 e. The predicted molar refractivity (Wildman–Crippen MR) is 53.6 cm³/mol. The average Bonchev–Trinajstić information content (AvgIpc) is 2.27. The highest BCUT2D eigenvalue weighted by atomic mass is 79.9. The Morgan fingerprint density at radius 1 is 1.50 bits per heavy atom. The van der Waals surface area contributed by atoms with E-state index in [9.17, 15) is 0 Å². The molecule has 2 heteroatoms. The molecule has 1 saturated heterocycles. The van der Waals surface area contributed by atoms with Gasteiger partial charge in [0.15, 0.2) is 0 Å². The standard InChI is InChI=1S/C10H17BrO/c1-9-4-3-8(5-12-7-9)10(9,2)6-11/h8H,3-7H2,1-2H3/t8-,9+,10+/m0/s1. The van der Waals surface area contributed by atoms with Crippen LogP contribution in [-0.2, 0) is 4.74 Å². The number of alkyl halides is 1. The molecular formula is C10H17BrO. The fraction of sp³-hybridized carbons (Fsp3) is 1.00. The third-order valence-corrected chi connectivity index (χ3v) is 5.51. The molecule has 0 spiro atoms. The van der Waals surface area contributed by atoms with Crippen molar-refractivity contribution in [2.24, 2.45) is 16.7 Å². The molecule has 2 rings (SSSR count). The van der Waals surface area contributed by atoms with Gasteiger partial charge in [-0.2, -0.15) is 0 Å². The summed E-state index contributed by atoms with van der Waals surface area (Å²) in [5, 5.41) is 1.13. The summed E-state index contributed by atoms with van der Waals surface area (Å²) in [6.45, 7) is 6.75. The van der Waals surface area contributed by atoms with E-state index in [-0.39, 0.29) is 0 Å². The van der Waals surface area contributed by atoms with Gasteiger partial charge in [-0.1, -0.05) is 29.8 Å². The highest BCUT2D eigenvalue weighted by molar-refractivity contribution is 9.09. The molecule has 1 heterocycles. The number of hydrogen-bond donors (Lipinski definition) is 0. The molecule has 0 aromatic rings. The van der Waals surface area contributed by atoms with Crippen LogP contribution < -0.4 is 0 Å². The van der Waals surface area contributed by atoms with E-state index < -0.39 is 0 Å². The summed E-state index contributed by atoms with van der Waals surface area (Å²) >= 11 is 3.67. The van der Waals surface area contributed by atoms with Gasteiger partial charge in [0.05, 0.1) is 6.61 Å². The smallest absolute Gasteiger partial charge is 0.0525 e. The van der Waals surface area contributed by atoms with Gasteiger partial charge in [0, 0.05) is 11.9 Å². The Labute approximate surface area is 83.0 Å². The Kier molecular flexibility index (Phi) is 2.04. The van der Waals surface area contributed by atoms with E-state index in [2.05, 4.69) is 29.8 Å². The molecule has 1 aliphatic carbocycles. The highest BCUT2D eigenvalue weighted by Gasteiger charge is 2.56. The molecule has 2 aliphatic rings. The first-order chi connectivity index (χ1) is 5.62. The van der Waals surface area contributed by atoms with Crippen molar-refractivity contribution in [1.82, 2.24) is 0 Å². The molecule has 0 aromatic carbocycles. The van der Waals surface area contributed by atoms with Crippen LogP contribution in [0.25, 0.3) is 0 Å². The van der Waals surface area contributed by atoms with Crippen molar-refractivity contribution in [3.63, 3.8) is 0 Å². The van der Waals surface area contributed by atoms with Crippen LogP contribution in [0.3, 0.4) is 0 Å². The van der Waals surface area contributed by atoms with Gasteiger partial charge in [0.1, 0.15) is 0 Å². The lowest BCUT2D eigenvalue weighted by atomic mass is 9.65. The maximum absolute atomic E-state index is 5.64. The molecule has 1 saturated carbocycles. The Morgan fingerprint density at radius 2 is 2.25 bits per heavy atom. The largest absolute Gasteiger partial charge is 0.381 e. The van der Waals surface area contributed by atoms with Gasteiger partial charge in [0.25, 0.3) is 0 Å². The third kappa shape index (κ3) is 0.941. The Bertz CT molecular complexity index is 190. The summed E-state index contributed by atoms with van der Waals surface area (Å²) in [7, 11) is 0. The number of fused-ring (bicyclic) bond motifs is 2. The minimum atomic E-state index is 0.430. The molecule has 2 fully saturated rings. The molecule has 0 N–H and O–H groups in total. The van der Waals surface area contributed by atoms with Crippen molar-refractivity contribution in [3.05, 3.63) is 0 Å². The van der Waals surface area contributed by atoms with Gasteiger partial charge in [-0.15, -0.1) is 0 Å². The molecule has 0 unspecified atom stereocenters. The van der Waals surface area contributed by atoms with Crippen molar-refractivity contribution in [2.45, 2.75) is 26.7 Å². The van der Waals surface area contributed by atoms with Crippen LogP contribution in [0.1, 0.15) is 26.7 Å². The van der Waals surface area contributed by atoms with Gasteiger partial charge >= 0.3 is 0 Å². The van der Waals surface area contributed by atoms with E-state index in [1.165, 1.54) is 12.8 Å². The van der Waals surface area contributed by atoms with Crippen LogP contribution in [-0.4, -0.2) is 18.5 Å². The molecule has 0 aromatic heterocycles. The zero-order valence-corrected chi connectivity index (χ0v) is 9.49. The van der Waals surface area contributed by atoms with Crippen molar-refractivity contribution < 1.29 is 4.74 Å². The van der Waals surface area contributed by atoms with Gasteiger partial charge < -0.3 is 4.74 Å². The maximum atomic E-state index is 5.64. The van der Waals surface area contributed by atoms with Crippen LogP contribution in [0.5, 0.6) is 0 Å². The van der Waals surface area contributed by atoms with Gasteiger partial charge in [-0.25, -0.2) is 0 Å². The van der Waals surface area contributed by atoms with Crippen LogP contribution in [0.2, 0.25) is 0 Å². The summed E-state index contributed by atoms with van der Waals surface area (Å²) < 4.78 is 5.64. The van der Waals surface area contributed by atoms with E-state index in [0.717, 1.165) is 24.5 Å². The monoisotopic (exact) mass is 232 g/mol. The van der Waals surface area contributed by atoms with Crippen molar-refractivity contribution >= 4 is 15.9 Å². The van der Waals surface area contributed by atoms with E-state index >= 15 is 0 Å².